The molecule has 5 nitrogen and oxygen atoms in total. The van der Waals surface area contributed by atoms with Gasteiger partial charge in [0.05, 0.1) is 5.69 Å². The molecule has 1 atom stereocenters. The Hall–Kier alpha value is -1.66. The molecule has 0 aliphatic carbocycles. The van der Waals surface area contributed by atoms with Gasteiger partial charge >= 0.3 is 0 Å². The highest BCUT2D eigenvalue weighted by atomic mass is 19.1. The van der Waals surface area contributed by atoms with Crippen LogP contribution in [0.1, 0.15) is 0 Å². The largest absolute Gasteiger partial charge is 0.477 e. The third-order valence-corrected chi connectivity index (χ3v) is 3.79. The highest BCUT2D eigenvalue weighted by Gasteiger charge is 2.33. The van der Waals surface area contributed by atoms with Gasteiger partial charge in [0.25, 0.3) is 5.91 Å². The number of likely N-dealkylation sites (N-methyl/N-ethyl adjacent to an activating group) is 1. The fourth-order valence-corrected chi connectivity index (χ4v) is 2.63. The number of hydrogen-bond acceptors (Lipinski definition) is 4. The van der Waals surface area contributed by atoms with Gasteiger partial charge < -0.3 is 15.0 Å². The van der Waals surface area contributed by atoms with E-state index in [-0.39, 0.29) is 11.7 Å². The number of benzene rings is 1. The summed E-state index contributed by atoms with van der Waals surface area (Å²) in [6.45, 7) is 4.25. The zero-order valence-electron chi connectivity index (χ0n) is 11.4. The molecule has 0 radical (unpaired) electrons. The standard InChI is InChI=1S/C14H18FN3O2/c1-17-11-8-10(15)2-3-12(11)20-13(14(17)19)9-18-6-4-16-5-7-18/h2-3,8,13,16H,4-7,9H2,1H3. The predicted octanol–water partition coefficient (Wildman–Crippen LogP) is 0.455. The van der Waals surface area contributed by atoms with Crippen LogP contribution in [0.3, 0.4) is 0 Å². The van der Waals surface area contributed by atoms with E-state index in [1.807, 2.05) is 0 Å². The fraction of sp³-hybridized carbons (Fsp3) is 0.500. The van der Waals surface area contributed by atoms with Gasteiger partial charge in [-0.1, -0.05) is 0 Å². The Bertz CT molecular complexity index is 517. The molecular formula is C14H18FN3O2. The second kappa shape index (κ2) is 5.38. The summed E-state index contributed by atoms with van der Waals surface area (Å²) in [5.41, 5.74) is 0.492. The van der Waals surface area contributed by atoms with Gasteiger partial charge in [-0.05, 0) is 12.1 Å². The maximum Gasteiger partial charge on any atom is 0.269 e. The average molecular weight is 279 g/mol. The Morgan fingerprint density at radius 3 is 2.90 bits per heavy atom. The molecule has 1 fully saturated rings. The molecule has 3 rings (SSSR count). The van der Waals surface area contributed by atoms with E-state index >= 15 is 0 Å². The van der Waals surface area contributed by atoms with E-state index in [2.05, 4.69) is 10.2 Å². The second-order valence-electron chi connectivity index (χ2n) is 5.17. The van der Waals surface area contributed by atoms with Gasteiger partial charge in [0.1, 0.15) is 11.6 Å². The van der Waals surface area contributed by atoms with Crippen LogP contribution in [0.25, 0.3) is 0 Å². The van der Waals surface area contributed by atoms with Crippen LogP contribution < -0.4 is 15.0 Å². The molecule has 1 unspecified atom stereocenters. The number of rotatable bonds is 2. The number of fused-ring (bicyclic) bond motifs is 1. The molecule has 0 saturated carbocycles. The summed E-state index contributed by atoms with van der Waals surface area (Å²) in [5, 5.41) is 3.27. The summed E-state index contributed by atoms with van der Waals surface area (Å²) in [5.74, 6) is 0.0721. The van der Waals surface area contributed by atoms with Crippen LogP contribution >= 0.6 is 0 Å². The minimum absolute atomic E-state index is 0.123. The van der Waals surface area contributed by atoms with Crippen molar-refractivity contribution < 1.29 is 13.9 Å². The summed E-state index contributed by atoms with van der Waals surface area (Å²) in [6.07, 6.45) is -0.518. The van der Waals surface area contributed by atoms with Crippen LogP contribution in [-0.4, -0.2) is 56.7 Å². The maximum atomic E-state index is 13.3. The van der Waals surface area contributed by atoms with E-state index in [4.69, 9.17) is 4.74 Å². The Kier molecular flexibility index (Phi) is 3.58. The molecule has 2 heterocycles. The Morgan fingerprint density at radius 2 is 2.15 bits per heavy atom. The van der Waals surface area contributed by atoms with Gasteiger partial charge in [-0.3, -0.25) is 9.69 Å². The molecule has 2 aliphatic heterocycles. The number of anilines is 1. The lowest BCUT2D eigenvalue weighted by Gasteiger charge is -2.36. The highest BCUT2D eigenvalue weighted by Crippen LogP contribution is 2.33. The quantitative estimate of drug-likeness (QED) is 0.854. The van der Waals surface area contributed by atoms with Crippen LogP contribution in [-0.2, 0) is 4.79 Å². The van der Waals surface area contributed by atoms with Crippen LogP contribution in [0.4, 0.5) is 10.1 Å². The van der Waals surface area contributed by atoms with Crippen molar-refractivity contribution >= 4 is 11.6 Å². The second-order valence-corrected chi connectivity index (χ2v) is 5.17. The molecule has 6 heteroatoms. The van der Waals surface area contributed by atoms with Gasteiger partial charge in [-0.2, -0.15) is 0 Å². The van der Waals surface area contributed by atoms with Crippen molar-refractivity contribution in [1.82, 2.24) is 10.2 Å². The summed E-state index contributed by atoms with van der Waals surface area (Å²) in [6, 6.07) is 4.26. The SMILES string of the molecule is CN1C(=O)C(CN2CCNCC2)Oc2ccc(F)cc21. The molecule has 1 aromatic rings. The molecule has 20 heavy (non-hydrogen) atoms. The summed E-state index contributed by atoms with van der Waals surface area (Å²) in [4.78, 5) is 16.0. The van der Waals surface area contributed by atoms with Gasteiger partial charge in [0.15, 0.2) is 6.10 Å². The van der Waals surface area contributed by atoms with E-state index in [9.17, 15) is 9.18 Å². The van der Waals surface area contributed by atoms with Crippen LogP contribution in [0.2, 0.25) is 0 Å². The van der Waals surface area contributed by atoms with Gasteiger partial charge in [0, 0.05) is 45.8 Å². The molecule has 2 aliphatic rings. The van der Waals surface area contributed by atoms with E-state index < -0.39 is 6.10 Å². The number of ether oxygens (including phenoxy) is 1. The Morgan fingerprint density at radius 1 is 1.40 bits per heavy atom. The van der Waals surface area contributed by atoms with Crippen molar-refractivity contribution in [2.45, 2.75) is 6.10 Å². The number of carbonyl (C=O) groups excluding carboxylic acids is 1. The number of nitrogens with one attached hydrogen (secondary N) is 1. The van der Waals surface area contributed by atoms with Crippen LogP contribution in [0.15, 0.2) is 18.2 Å². The van der Waals surface area contributed by atoms with E-state index in [0.717, 1.165) is 26.2 Å². The molecule has 0 spiro atoms. The lowest BCUT2D eigenvalue weighted by Crippen LogP contribution is -2.53. The monoisotopic (exact) mass is 279 g/mol. The number of nitrogens with zero attached hydrogens (tertiary/aromatic N) is 2. The zero-order valence-corrected chi connectivity index (χ0v) is 11.4. The number of piperazine rings is 1. The lowest BCUT2D eigenvalue weighted by atomic mass is 10.1. The first kappa shape index (κ1) is 13.3. The topological polar surface area (TPSA) is 44.8 Å². The van der Waals surface area contributed by atoms with Crippen molar-refractivity contribution in [3.8, 4) is 5.75 Å². The average Bonchev–Trinajstić information content (AvgIpc) is 2.46. The normalized spacial score (nSPS) is 23.4. The van der Waals surface area contributed by atoms with Crippen molar-refractivity contribution in [2.24, 2.45) is 0 Å². The molecule has 108 valence electrons. The zero-order chi connectivity index (χ0) is 14.1. The summed E-state index contributed by atoms with van der Waals surface area (Å²) >= 11 is 0. The van der Waals surface area contributed by atoms with Crippen LogP contribution in [0, 0.1) is 5.82 Å². The minimum atomic E-state index is -0.518. The molecule has 1 amide bonds. The Labute approximate surface area is 117 Å². The van der Waals surface area contributed by atoms with E-state index in [0.29, 0.717) is 18.0 Å². The molecule has 1 N–H and O–H groups in total. The third kappa shape index (κ3) is 2.48. The number of amides is 1. The van der Waals surface area contributed by atoms with E-state index in [1.165, 1.54) is 17.0 Å². The highest BCUT2D eigenvalue weighted by molar-refractivity contribution is 5.99. The summed E-state index contributed by atoms with van der Waals surface area (Å²) in [7, 11) is 1.66. The fourth-order valence-electron chi connectivity index (χ4n) is 2.63. The molecule has 1 saturated heterocycles. The van der Waals surface area contributed by atoms with Crippen molar-refractivity contribution in [2.75, 3.05) is 44.7 Å². The molecule has 0 bridgehead atoms. The minimum Gasteiger partial charge on any atom is -0.477 e. The maximum absolute atomic E-state index is 13.3. The van der Waals surface area contributed by atoms with Crippen molar-refractivity contribution in [3.05, 3.63) is 24.0 Å². The van der Waals surface area contributed by atoms with E-state index in [1.54, 1.807) is 13.1 Å². The third-order valence-electron chi connectivity index (χ3n) is 3.79. The van der Waals surface area contributed by atoms with Gasteiger partial charge in [0.2, 0.25) is 0 Å². The van der Waals surface area contributed by atoms with Crippen molar-refractivity contribution in [3.63, 3.8) is 0 Å². The predicted molar refractivity (Wildman–Crippen MR) is 73.5 cm³/mol. The Balaban J connectivity index is 1.77. The molecular weight excluding hydrogens is 261 g/mol. The number of halogens is 1. The molecule has 0 aromatic heterocycles. The molecule has 1 aromatic carbocycles. The first-order chi connectivity index (χ1) is 9.65. The smallest absolute Gasteiger partial charge is 0.269 e. The first-order valence-electron chi connectivity index (χ1n) is 6.82. The van der Waals surface area contributed by atoms with Crippen molar-refractivity contribution in [1.29, 1.82) is 0 Å². The van der Waals surface area contributed by atoms with Crippen LogP contribution in [0.5, 0.6) is 5.75 Å². The van der Waals surface area contributed by atoms with Gasteiger partial charge in [-0.25, -0.2) is 4.39 Å². The van der Waals surface area contributed by atoms with Gasteiger partial charge in [-0.15, -0.1) is 0 Å². The summed E-state index contributed by atoms with van der Waals surface area (Å²) < 4.78 is 19.0. The number of hydrogen-bond donors (Lipinski definition) is 1. The number of carbonyl (C=O) groups is 1. The lowest BCUT2D eigenvalue weighted by molar-refractivity contribution is -0.127. The first-order valence-corrected chi connectivity index (χ1v) is 6.82.